The van der Waals surface area contributed by atoms with E-state index in [9.17, 15) is 14.9 Å². The van der Waals surface area contributed by atoms with Gasteiger partial charge in [0.2, 0.25) is 5.91 Å². The van der Waals surface area contributed by atoms with Crippen molar-refractivity contribution in [2.24, 2.45) is 0 Å². The molecule has 0 aliphatic carbocycles. The van der Waals surface area contributed by atoms with E-state index in [1.54, 1.807) is 25.1 Å². The quantitative estimate of drug-likeness (QED) is 0.646. The van der Waals surface area contributed by atoms with E-state index in [2.05, 4.69) is 15.5 Å². The smallest absolute Gasteiger partial charge is 0.273 e. The minimum atomic E-state index is -0.494. The van der Waals surface area contributed by atoms with E-state index in [1.165, 1.54) is 12.3 Å². The first-order valence-corrected chi connectivity index (χ1v) is 5.60. The summed E-state index contributed by atoms with van der Waals surface area (Å²) in [5, 5.41) is 20.0. The molecule has 0 spiro atoms. The Morgan fingerprint density at radius 3 is 2.84 bits per heavy atom. The summed E-state index contributed by atoms with van der Waals surface area (Å²) in [6, 6.07) is 6.18. The monoisotopic (exact) mass is 260 g/mol. The van der Waals surface area contributed by atoms with Gasteiger partial charge >= 0.3 is 0 Å². The number of nitro groups is 1. The Morgan fingerprint density at radius 1 is 1.47 bits per heavy atom. The summed E-state index contributed by atoms with van der Waals surface area (Å²) in [5.74, 6) is -0.321. The summed E-state index contributed by atoms with van der Waals surface area (Å²) < 4.78 is 0. The van der Waals surface area contributed by atoms with Crippen LogP contribution in [0.1, 0.15) is 11.3 Å². The fourth-order valence-electron chi connectivity index (χ4n) is 1.68. The molecule has 0 atom stereocenters. The van der Waals surface area contributed by atoms with Gasteiger partial charge in [-0.25, -0.2) is 0 Å². The number of aryl methyl sites for hydroxylation is 1. The number of amides is 1. The maximum atomic E-state index is 11.8. The van der Waals surface area contributed by atoms with Gasteiger partial charge in [-0.05, 0) is 6.92 Å². The van der Waals surface area contributed by atoms with Crippen molar-refractivity contribution in [3.05, 3.63) is 51.8 Å². The second-order valence-electron chi connectivity index (χ2n) is 4.02. The number of carbonyl (C=O) groups is 1. The number of hydrogen-bond acceptors (Lipinski definition) is 4. The number of para-hydroxylation sites is 1. The molecule has 1 aromatic carbocycles. The number of aromatic amines is 1. The predicted octanol–water partition coefficient (Wildman–Crippen LogP) is 1.81. The maximum absolute atomic E-state index is 11.8. The van der Waals surface area contributed by atoms with Crippen molar-refractivity contribution in [3.63, 3.8) is 0 Å². The first-order valence-electron chi connectivity index (χ1n) is 5.60. The van der Waals surface area contributed by atoms with Gasteiger partial charge in [-0.15, -0.1) is 0 Å². The van der Waals surface area contributed by atoms with Crippen LogP contribution in [0, 0.1) is 17.0 Å². The zero-order valence-electron chi connectivity index (χ0n) is 10.2. The van der Waals surface area contributed by atoms with Gasteiger partial charge in [0, 0.05) is 11.6 Å². The van der Waals surface area contributed by atoms with E-state index in [-0.39, 0.29) is 18.0 Å². The Morgan fingerprint density at radius 2 is 2.21 bits per heavy atom. The highest BCUT2D eigenvalue weighted by Gasteiger charge is 2.16. The molecular formula is C12H12N4O3. The molecule has 98 valence electrons. The van der Waals surface area contributed by atoms with E-state index in [0.717, 1.165) is 5.69 Å². The molecule has 0 unspecified atom stereocenters. The number of anilines is 1. The van der Waals surface area contributed by atoms with Gasteiger partial charge in [0.15, 0.2) is 0 Å². The van der Waals surface area contributed by atoms with Crippen LogP contribution in [0.3, 0.4) is 0 Å². The number of nitrogens with one attached hydrogen (secondary N) is 2. The van der Waals surface area contributed by atoms with Crippen molar-refractivity contribution in [2.75, 3.05) is 5.32 Å². The van der Waals surface area contributed by atoms with Crippen molar-refractivity contribution in [1.82, 2.24) is 10.2 Å². The molecule has 1 amide bonds. The maximum Gasteiger partial charge on any atom is 0.273 e. The topological polar surface area (TPSA) is 101 Å². The molecule has 2 rings (SSSR count). The van der Waals surface area contributed by atoms with Crippen LogP contribution in [0.15, 0.2) is 30.5 Å². The fraction of sp³-hybridized carbons (Fsp3) is 0.167. The highest BCUT2D eigenvalue weighted by atomic mass is 16.6. The van der Waals surface area contributed by atoms with Crippen molar-refractivity contribution in [3.8, 4) is 0 Å². The van der Waals surface area contributed by atoms with Crippen LogP contribution in [-0.2, 0) is 11.2 Å². The molecule has 0 aliphatic heterocycles. The molecule has 19 heavy (non-hydrogen) atoms. The van der Waals surface area contributed by atoms with Crippen LogP contribution in [0.4, 0.5) is 11.4 Å². The number of hydrogen-bond donors (Lipinski definition) is 2. The lowest BCUT2D eigenvalue weighted by atomic mass is 10.1. The summed E-state index contributed by atoms with van der Waals surface area (Å²) in [4.78, 5) is 22.2. The molecule has 0 fully saturated rings. The molecule has 0 radical (unpaired) electrons. The first kappa shape index (κ1) is 12.7. The average Bonchev–Trinajstić information content (AvgIpc) is 2.75. The molecule has 0 aliphatic rings. The third-order valence-electron chi connectivity index (χ3n) is 2.64. The van der Waals surface area contributed by atoms with Crippen molar-refractivity contribution < 1.29 is 9.72 Å². The minimum Gasteiger partial charge on any atom is -0.323 e. The number of benzene rings is 1. The molecular weight excluding hydrogens is 248 g/mol. The van der Waals surface area contributed by atoms with E-state index < -0.39 is 4.92 Å². The summed E-state index contributed by atoms with van der Waals surface area (Å²) in [6.07, 6.45) is 1.44. The molecule has 2 aromatic rings. The normalized spacial score (nSPS) is 10.2. The number of nitro benzene ring substituents is 1. The van der Waals surface area contributed by atoms with Gasteiger partial charge in [-0.3, -0.25) is 20.0 Å². The van der Waals surface area contributed by atoms with Gasteiger partial charge in [0.05, 0.1) is 28.9 Å². The van der Waals surface area contributed by atoms with E-state index >= 15 is 0 Å². The fourth-order valence-corrected chi connectivity index (χ4v) is 1.68. The largest absolute Gasteiger partial charge is 0.323 e. The molecule has 2 N–H and O–H groups in total. The van der Waals surface area contributed by atoms with Crippen molar-refractivity contribution in [2.45, 2.75) is 13.3 Å². The number of carbonyl (C=O) groups excluding carboxylic acids is 1. The molecule has 7 heteroatoms. The Hall–Kier alpha value is -2.70. The van der Waals surface area contributed by atoms with E-state index in [1.807, 2.05) is 0 Å². The van der Waals surface area contributed by atoms with Gasteiger partial charge in [-0.2, -0.15) is 5.10 Å². The van der Waals surface area contributed by atoms with Crippen LogP contribution in [0.5, 0.6) is 0 Å². The van der Waals surface area contributed by atoms with Gasteiger partial charge < -0.3 is 5.32 Å². The molecule has 1 heterocycles. The zero-order chi connectivity index (χ0) is 13.8. The minimum absolute atomic E-state index is 0.0538. The zero-order valence-corrected chi connectivity index (χ0v) is 10.2. The van der Waals surface area contributed by atoms with Gasteiger partial charge in [0.1, 0.15) is 0 Å². The van der Waals surface area contributed by atoms with Crippen LogP contribution in [-0.4, -0.2) is 21.0 Å². The summed E-state index contributed by atoms with van der Waals surface area (Å²) in [6.45, 7) is 1.77. The number of aromatic nitrogens is 2. The predicted molar refractivity (Wildman–Crippen MR) is 68.8 cm³/mol. The molecule has 0 bridgehead atoms. The Kier molecular flexibility index (Phi) is 3.56. The first-order chi connectivity index (χ1) is 9.08. The molecule has 1 aromatic heterocycles. The highest BCUT2D eigenvalue weighted by Crippen LogP contribution is 2.19. The lowest BCUT2D eigenvalue weighted by Crippen LogP contribution is -2.15. The third-order valence-corrected chi connectivity index (χ3v) is 2.64. The third kappa shape index (κ3) is 2.95. The van der Waals surface area contributed by atoms with Crippen LogP contribution < -0.4 is 5.32 Å². The summed E-state index contributed by atoms with van der Waals surface area (Å²) >= 11 is 0. The van der Waals surface area contributed by atoms with Crippen molar-refractivity contribution >= 4 is 17.3 Å². The highest BCUT2D eigenvalue weighted by molar-refractivity contribution is 5.93. The second-order valence-corrected chi connectivity index (χ2v) is 4.02. The van der Waals surface area contributed by atoms with E-state index in [4.69, 9.17) is 0 Å². The number of nitrogens with zero attached hydrogens (tertiary/aromatic N) is 2. The lowest BCUT2D eigenvalue weighted by molar-refractivity contribution is -0.385. The number of rotatable bonds is 4. The number of H-pyrrole nitrogens is 1. The van der Waals surface area contributed by atoms with Crippen LogP contribution >= 0.6 is 0 Å². The van der Waals surface area contributed by atoms with Gasteiger partial charge in [-0.1, -0.05) is 18.2 Å². The van der Waals surface area contributed by atoms with Crippen molar-refractivity contribution in [1.29, 1.82) is 0 Å². The van der Waals surface area contributed by atoms with Gasteiger partial charge in [0.25, 0.3) is 5.69 Å². The SMILES string of the molecule is Cc1[nH]ncc1NC(=O)Cc1ccccc1[N+](=O)[O-]. The Labute approximate surface area is 108 Å². The lowest BCUT2D eigenvalue weighted by Gasteiger charge is -2.04. The second kappa shape index (κ2) is 5.30. The summed E-state index contributed by atoms with van der Waals surface area (Å²) in [5.41, 5.74) is 1.63. The Balaban J connectivity index is 2.11. The summed E-state index contributed by atoms with van der Waals surface area (Å²) in [7, 11) is 0. The Bertz CT molecular complexity index is 621. The van der Waals surface area contributed by atoms with Crippen LogP contribution in [0.2, 0.25) is 0 Å². The van der Waals surface area contributed by atoms with Crippen LogP contribution in [0.25, 0.3) is 0 Å². The van der Waals surface area contributed by atoms with E-state index in [0.29, 0.717) is 11.3 Å². The molecule has 7 nitrogen and oxygen atoms in total. The molecule has 0 saturated heterocycles. The standard InChI is InChI=1S/C12H12N4O3/c1-8-10(7-13-15-8)14-12(17)6-9-4-2-3-5-11(9)16(18)19/h2-5,7H,6H2,1H3,(H,13,15)(H,14,17). The average molecular weight is 260 g/mol. The molecule has 0 saturated carbocycles.